The number of imide groups is 1. The van der Waals surface area contributed by atoms with Crippen molar-refractivity contribution in [1.29, 1.82) is 0 Å². The number of hydrogen-bond acceptors (Lipinski definition) is 4. The van der Waals surface area contributed by atoms with Gasteiger partial charge in [0.1, 0.15) is 0 Å². The van der Waals surface area contributed by atoms with Crippen LogP contribution in [0.25, 0.3) is 0 Å². The number of nitrogens with zero attached hydrogens (tertiary/aromatic N) is 1. The van der Waals surface area contributed by atoms with E-state index in [9.17, 15) is 14.4 Å². The summed E-state index contributed by atoms with van der Waals surface area (Å²) in [6.07, 6.45) is 0.854. The van der Waals surface area contributed by atoms with Crippen LogP contribution in [-0.2, 0) is 20.9 Å². The Bertz CT molecular complexity index is 536. The zero-order valence-corrected chi connectivity index (χ0v) is 12.0. The number of benzene rings is 1. The first-order valence-electron chi connectivity index (χ1n) is 6.93. The zero-order chi connectivity index (χ0) is 15.4. The van der Waals surface area contributed by atoms with Crippen molar-refractivity contribution < 1.29 is 14.4 Å². The number of rotatable bonds is 5. The molecular formula is C15H19N3O3. The monoisotopic (exact) mass is 289 g/mol. The van der Waals surface area contributed by atoms with E-state index in [0.29, 0.717) is 18.5 Å². The summed E-state index contributed by atoms with van der Waals surface area (Å²) in [5, 5.41) is 2.75. The van der Waals surface area contributed by atoms with Crippen LogP contribution in [0, 0.1) is 0 Å². The van der Waals surface area contributed by atoms with Crippen LogP contribution < -0.4 is 11.1 Å². The molecule has 6 heteroatoms. The Labute approximate surface area is 123 Å². The molecule has 1 aliphatic rings. The highest BCUT2D eigenvalue weighted by Gasteiger charge is 2.28. The predicted molar refractivity (Wildman–Crippen MR) is 78.1 cm³/mol. The molecule has 1 atom stereocenters. The number of amides is 3. The topological polar surface area (TPSA) is 92.5 Å². The summed E-state index contributed by atoms with van der Waals surface area (Å²) in [5.41, 5.74) is 7.08. The third-order valence-corrected chi connectivity index (χ3v) is 3.24. The molecule has 0 saturated carbocycles. The second kappa shape index (κ2) is 6.49. The average Bonchev–Trinajstić information content (AvgIpc) is 2.72. The first-order chi connectivity index (χ1) is 9.95. The van der Waals surface area contributed by atoms with Crippen LogP contribution in [0.15, 0.2) is 24.3 Å². The van der Waals surface area contributed by atoms with E-state index in [-0.39, 0.29) is 36.7 Å². The van der Waals surface area contributed by atoms with E-state index in [0.717, 1.165) is 5.56 Å². The average molecular weight is 289 g/mol. The summed E-state index contributed by atoms with van der Waals surface area (Å²) in [6, 6.07) is 6.90. The third-order valence-electron chi connectivity index (χ3n) is 3.24. The molecule has 1 fully saturated rings. The number of likely N-dealkylation sites (tertiary alicyclic amines) is 1. The Balaban J connectivity index is 1.94. The van der Waals surface area contributed by atoms with E-state index in [4.69, 9.17) is 5.73 Å². The van der Waals surface area contributed by atoms with Crippen LogP contribution in [0.4, 0.5) is 5.69 Å². The van der Waals surface area contributed by atoms with Crippen molar-refractivity contribution in [1.82, 2.24) is 4.90 Å². The highest BCUT2D eigenvalue weighted by Crippen LogP contribution is 2.17. The standard InChI is InChI=1S/C15H19N3O3/c1-10(16)8-13(19)17-12-4-2-11(3-5-12)9-18-14(20)6-7-15(18)21/h2-5,10H,6-9,16H2,1H3,(H,17,19). The van der Waals surface area contributed by atoms with Gasteiger partial charge in [-0.2, -0.15) is 0 Å². The van der Waals surface area contributed by atoms with Crippen molar-refractivity contribution in [3.63, 3.8) is 0 Å². The van der Waals surface area contributed by atoms with Crippen molar-refractivity contribution in [3.8, 4) is 0 Å². The lowest BCUT2D eigenvalue weighted by Gasteiger charge is -2.14. The largest absolute Gasteiger partial charge is 0.327 e. The molecule has 1 unspecified atom stereocenters. The van der Waals surface area contributed by atoms with E-state index in [2.05, 4.69) is 5.32 Å². The van der Waals surface area contributed by atoms with Crippen LogP contribution in [0.3, 0.4) is 0 Å². The van der Waals surface area contributed by atoms with Crippen LogP contribution in [0.5, 0.6) is 0 Å². The van der Waals surface area contributed by atoms with E-state index >= 15 is 0 Å². The molecule has 3 amide bonds. The molecule has 1 aromatic carbocycles. The summed E-state index contributed by atoms with van der Waals surface area (Å²) < 4.78 is 0. The van der Waals surface area contributed by atoms with Gasteiger partial charge in [-0.1, -0.05) is 12.1 Å². The van der Waals surface area contributed by atoms with Gasteiger partial charge in [-0.25, -0.2) is 0 Å². The molecule has 0 aliphatic carbocycles. The predicted octanol–water partition coefficient (Wildman–Crippen LogP) is 1.01. The molecule has 21 heavy (non-hydrogen) atoms. The maximum atomic E-state index is 11.6. The normalized spacial score (nSPS) is 16.2. The van der Waals surface area contributed by atoms with Crippen molar-refractivity contribution in [2.75, 3.05) is 5.32 Å². The molecule has 1 heterocycles. The maximum Gasteiger partial charge on any atom is 0.229 e. The van der Waals surface area contributed by atoms with Crippen LogP contribution >= 0.6 is 0 Å². The number of nitrogens with two attached hydrogens (primary N) is 1. The Morgan fingerprint density at radius 3 is 2.33 bits per heavy atom. The highest BCUT2D eigenvalue weighted by molar-refractivity contribution is 6.01. The second-order valence-electron chi connectivity index (χ2n) is 5.30. The van der Waals surface area contributed by atoms with Crippen molar-refractivity contribution in [2.24, 2.45) is 5.73 Å². The number of anilines is 1. The summed E-state index contributed by atoms with van der Waals surface area (Å²) in [6.45, 7) is 2.05. The number of carbonyl (C=O) groups excluding carboxylic acids is 3. The molecule has 0 bridgehead atoms. The molecule has 3 N–H and O–H groups in total. The molecule has 1 aromatic rings. The Hall–Kier alpha value is -2.21. The maximum absolute atomic E-state index is 11.6. The number of nitrogens with one attached hydrogen (secondary N) is 1. The molecule has 1 saturated heterocycles. The van der Waals surface area contributed by atoms with Gasteiger partial charge in [0.2, 0.25) is 17.7 Å². The van der Waals surface area contributed by atoms with Gasteiger partial charge in [-0.05, 0) is 24.6 Å². The molecule has 0 spiro atoms. The molecule has 0 radical (unpaired) electrons. The number of hydrogen-bond donors (Lipinski definition) is 2. The first kappa shape index (κ1) is 15.2. The van der Waals surface area contributed by atoms with Gasteiger partial charge in [0.05, 0.1) is 6.54 Å². The van der Waals surface area contributed by atoms with Gasteiger partial charge in [0.15, 0.2) is 0 Å². The molecule has 112 valence electrons. The van der Waals surface area contributed by atoms with E-state index in [1.807, 2.05) is 0 Å². The molecule has 1 aliphatic heterocycles. The summed E-state index contributed by atoms with van der Waals surface area (Å²) in [4.78, 5) is 35.9. The molecular weight excluding hydrogens is 270 g/mol. The summed E-state index contributed by atoms with van der Waals surface area (Å²) >= 11 is 0. The fraction of sp³-hybridized carbons (Fsp3) is 0.400. The van der Waals surface area contributed by atoms with Crippen molar-refractivity contribution in [3.05, 3.63) is 29.8 Å². The lowest BCUT2D eigenvalue weighted by molar-refractivity contribution is -0.139. The smallest absolute Gasteiger partial charge is 0.229 e. The highest BCUT2D eigenvalue weighted by atomic mass is 16.2. The zero-order valence-electron chi connectivity index (χ0n) is 12.0. The van der Waals surface area contributed by atoms with Crippen molar-refractivity contribution in [2.45, 2.75) is 38.8 Å². The lowest BCUT2D eigenvalue weighted by atomic mass is 10.2. The Kier molecular flexibility index (Phi) is 4.70. The van der Waals surface area contributed by atoms with Crippen LogP contribution in [0.2, 0.25) is 0 Å². The molecule has 0 aromatic heterocycles. The van der Waals surface area contributed by atoms with Crippen LogP contribution in [-0.4, -0.2) is 28.7 Å². The van der Waals surface area contributed by atoms with E-state index in [1.165, 1.54) is 4.90 Å². The van der Waals surface area contributed by atoms with Gasteiger partial charge in [-0.15, -0.1) is 0 Å². The lowest BCUT2D eigenvalue weighted by Crippen LogP contribution is -2.28. The minimum Gasteiger partial charge on any atom is -0.327 e. The molecule has 6 nitrogen and oxygen atoms in total. The van der Waals surface area contributed by atoms with Gasteiger partial charge >= 0.3 is 0 Å². The third kappa shape index (κ3) is 4.13. The van der Waals surface area contributed by atoms with Gasteiger partial charge < -0.3 is 11.1 Å². The molecule has 2 rings (SSSR count). The van der Waals surface area contributed by atoms with E-state index in [1.54, 1.807) is 31.2 Å². The Morgan fingerprint density at radius 1 is 1.24 bits per heavy atom. The second-order valence-corrected chi connectivity index (χ2v) is 5.30. The quantitative estimate of drug-likeness (QED) is 0.791. The Morgan fingerprint density at radius 2 is 1.81 bits per heavy atom. The van der Waals surface area contributed by atoms with Gasteiger partial charge in [-0.3, -0.25) is 19.3 Å². The minimum absolute atomic E-state index is 0.130. The summed E-state index contributed by atoms with van der Waals surface area (Å²) in [7, 11) is 0. The minimum atomic E-state index is -0.184. The summed E-state index contributed by atoms with van der Waals surface area (Å²) in [5.74, 6) is -0.397. The SMILES string of the molecule is CC(N)CC(=O)Nc1ccc(CN2C(=O)CCC2=O)cc1. The fourth-order valence-electron chi connectivity index (χ4n) is 2.18. The van der Waals surface area contributed by atoms with Crippen LogP contribution in [0.1, 0.15) is 31.7 Å². The van der Waals surface area contributed by atoms with E-state index < -0.39 is 0 Å². The van der Waals surface area contributed by atoms with Crippen molar-refractivity contribution >= 4 is 23.4 Å². The first-order valence-corrected chi connectivity index (χ1v) is 6.93. The fourth-order valence-corrected chi connectivity index (χ4v) is 2.18. The van der Waals surface area contributed by atoms with Gasteiger partial charge in [0, 0.05) is 31.0 Å². The van der Waals surface area contributed by atoms with Gasteiger partial charge in [0.25, 0.3) is 0 Å². The number of carbonyl (C=O) groups is 3.